The average molecular weight is 458 g/mol. The molecule has 140 valence electrons. The van der Waals surface area contributed by atoms with Crippen molar-refractivity contribution in [2.24, 2.45) is 0 Å². The van der Waals surface area contributed by atoms with Crippen LogP contribution in [0.5, 0.6) is 0 Å². The van der Waals surface area contributed by atoms with Gasteiger partial charge in [-0.3, -0.25) is 14.6 Å². The number of carbonyl (C=O) groups excluding carboxylic acids is 2. The lowest BCUT2D eigenvalue weighted by atomic mass is 10.3. The number of hydrogen-bond acceptors (Lipinski definition) is 7. The van der Waals surface area contributed by atoms with E-state index in [1.165, 1.54) is 23.3 Å². The van der Waals surface area contributed by atoms with Crippen molar-refractivity contribution in [3.8, 4) is 0 Å². The Hall–Kier alpha value is -1.26. The number of methoxy groups -OCH3 is 1. The van der Waals surface area contributed by atoms with Gasteiger partial charge in [0.1, 0.15) is 4.88 Å². The molecule has 0 radical (unpaired) electrons. The van der Waals surface area contributed by atoms with Gasteiger partial charge in [0.25, 0.3) is 0 Å². The molecule has 1 fully saturated rings. The van der Waals surface area contributed by atoms with E-state index in [1.54, 1.807) is 22.8 Å². The number of hydrogen-bond donors (Lipinski definition) is 1. The van der Waals surface area contributed by atoms with E-state index < -0.39 is 5.97 Å². The van der Waals surface area contributed by atoms with Crippen molar-refractivity contribution < 1.29 is 14.3 Å². The molecular weight excluding hydrogens is 438 g/mol. The minimum Gasteiger partial charge on any atom is -0.465 e. The van der Waals surface area contributed by atoms with Crippen LogP contribution in [0.1, 0.15) is 14.5 Å². The third-order valence-electron chi connectivity index (χ3n) is 4.15. The van der Waals surface area contributed by atoms with Gasteiger partial charge in [-0.15, -0.1) is 22.7 Å². The zero-order valence-electron chi connectivity index (χ0n) is 14.4. The first kappa shape index (κ1) is 19.5. The smallest absolute Gasteiger partial charge is 0.350 e. The fourth-order valence-corrected chi connectivity index (χ4v) is 5.11. The predicted molar refractivity (Wildman–Crippen MR) is 108 cm³/mol. The van der Waals surface area contributed by atoms with E-state index in [0.29, 0.717) is 17.1 Å². The van der Waals surface area contributed by atoms with Gasteiger partial charge in [-0.05, 0) is 39.5 Å². The average Bonchev–Trinajstić information content (AvgIpc) is 3.25. The first-order chi connectivity index (χ1) is 12.5. The molecule has 1 saturated heterocycles. The lowest BCUT2D eigenvalue weighted by Crippen LogP contribution is -2.48. The van der Waals surface area contributed by atoms with Gasteiger partial charge in [0.15, 0.2) is 0 Å². The normalized spacial score (nSPS) is 15.8. The van der Waals surface area contributed by atoms with E-state index in [1.807, 2.05) is 0 Å². The molecule has 0 unspecified atom stereocenters. The molecule has 0 aliphatic carbocycles. The Kier molecular flexibility index (Phi) is 6.82. The summed E-state index contributed by atoms with van der Waals surface area (Å²) in [7, 11) is 1.34. The number of esters is 1. The number of piperazine rings is 1. The first-order valence-corrected chi connectivity index (χ1v) is 10.7. The number of nitrogens with zero attached hydrogens (tertiary/aromatic N) is 2. The van der Waals surface area contributed by atoms with Crippen molar-refractivity contribution in [2.45, 2.75) is 6.54 Å². The number of ether oxygens (including phenoxy) is 1. The lowest BCUT2D eigenvalue weighted by Gasteiger charge is -2.34. The second kappa shape index (κ2) is 9.09. The van der Waals surface area contributed by atoms with Crippen molar-refractivity contribution in [1.82, 2.24) is 9.80 Å². The standard InChI is InChI=1S/C17H20BrN3O3S2/c1-24-17(23)16-13(4-9-25-16)19-15(22)11-21-7-5-20(6-8-21)10-12-2-3-14(18)26-12/h2-4,9H,5-8,10-11H2,1H3,(H,19,22). The Bertz CT molecular complexity index is 769. The molecule has 0 spiro atoms. The van der Waals surface area contributed by atoms with Crippen molar-refractivity contribution in [3.63, 3.8) is 0 Å². The number of anilines is 1. The van der Waals surface area contributed by atoms with Gasteiger partial charge < -0.3 is 10.1 Å². The SMILES string of the molecule is COC(=O)c1sccc1NC(=O)CN1CCN(Cc2ccc(Br)s2)CC1. The molecule has 1 aliphatic heterocycles. The lowest BCUT2D eigenvalue weighted by molar-refractivity contribution is -0.117. The van der Waals surface area contributed by atoms with Gasteiger partial charge in [-0.1, -0.05) is 0 Å². The fraction of sp³-hybridized carbons (Fsp3) is 0.412. The van der Waals surface area contributed by atoms with Gasteiger partial charge in [0, 0.05) is 37.6 Å². The number of carbonyl (C=O) groups is 2. The van der Waals surface area contributed by atoms with Crippen molar-refractivity contribution in [3.05, 3.63) is 37.1 Å². The summed E-state index contributed by atoms with van der Waals surface area (Å²) in [5, 5.41) is 4.59. The molecule has 1 amide bonds. The van der Waals surface area contributed by atoms with Crippen LogP contribution in [0.3, 0.4) is 0 Å². The van der Waals surface area contributed by atoms with Crippen molar-refractivity contribution >= 4 is 56.2 Å². The van der Waals surface area contributed by atoms with Crippen LogP contribution >= 0.6 is 38.6 Å². The molecule has 0 bridgehead atoms. The molecule has 3 rings (SSSR count). The number of amides is 1. The van der Waals surface area contributed by atoms with E-state index in [-0.39, 0.29) is 5.91 Å². The van der Waals surface area contributed by atoms with Crippen molar-refractivity contribution in [1.29, 1.82) is 0 Å². The van der Waals surface area contributed by atoms with E-state index >= 15 is 0 Å². The van der Waals surface area contributed by atoms with Gasteiger partial charge >= 0.3 is 5.97 Å². The summed E-state index contributed by atoms with van der Waals surface area (Å²) in [6, 6.07) is 5.95. The Morgan fingerprint density at radius 3 is 2.58 bits per heavy atom. The number of nitrogens with one attached hydrogen (secondary N) is 1. The van der Waals surface area contributed by atoms with Gasteiger partial charge in [0.05, 0.1) is 23.1 Å². The maximum atomic E-state index is 12.3. The number of thiophene rings is 2. The van der Waals surface area contributed by atoms with E-state index in [9.17, 15) is 9.59 Å². The molecule has 2 aromatic heterocycles. The quantitative estimate of drug-likeness (QED) is 0.675. The number of rotatable bonds is 6. The summed E-state index contributed by atoms with van der Waals surface area (Å²) in [4.78, 5) is 30.3. The van der Waals surface area contributed by atoms with Crippen molar-refractivity contribution in [2.75, 3.05) is 45.2 Å². The van der Waals surface area contributed by atoms with Crippen LogP contribution in [0.25, 0.3) is 0 Å². The summed E-state index contributed by atoms with van der Waals surface area (Å²) >= 11 is 6.52. The Balaban J connectivity index is 1.45. The summed E-state index contributed by atoms with van der Waals surface area (Å²) in [5.74, 6) is -0.534. The monoisotopic (exact) mass is 457 g/mol. The second-order valence-electron chi connectivity index (χ2n) is 5.96. The molecule has 3 heterocycles. The van der Waals surface area contributed by atoms with Crippen LogP contribution in [-0.2, 0) is 16.1 Å². The molecular formula is C17H20BrN3O3S2. The van der Waals surface area contributed by atoms with Crippen LogP contribution in [0.15, 0.2) is 27.4 Å². The van der Waals surface area contributed by atoms with E-state index in [2.05, 4.69) is 43.2 Å². The topological polar surface area (TPSA) is 61.9 Å². The summed E-state index contributed by atoms with van der Waals surface area (Å²) in [6.07, 6.45) is 0. The van der Waals surface area contributed by atoms with Crippen LogP contribution in [0.4, 0.5) is 5.69 Å². The Labute approximate surface area is 168 Å². The number of halogens is 1. The maximum absolute atomic E-state index is 12.3. The van der Waals surface area contributed by atoms with E-state index in [4.69, 9.17) is 4.74 Å². The molecule has 9 heteroatoms. The third-order valence-corrected chi connectivity index (χ3v) is 6.65. The minimum absolute atomic E-state index is 0.107. The summed E-state index contributed by atoms with van der Waals surface area (Å²) in [5.41, 5.74) is 0.522. The van der Waals surface area contributed by atoms with Crippen LogP contribution in [0, 0.1) is 0 Å². The molecule has 0 atom stereocenters. The molecule has 1 aliphatic rings. The van der Waals surface area contributed by atoms with Crippen LogP contribution in [-0.4, -0.2) is 61.5 Å². The van der Waals surface area contributed by atoms with Gasteiger partial charge in [-0.2, -0.15) is 0 Å². The third kappa shape index (κ3) is 5.14. The summed E-state index contributed by atoms with van der Waals surface area (Å²) in [6.45, 7) is 4.87. The minimum atomic E-state index is -0.427. The highest BCUT2D eigenvalue weighted by Crippen LogP contribution is 2.24. The largest absolute Gasteiger partial charge is 0.465 e. The summed E-state index contributed by atoms with van der Waals surface area (Å²) < 4.78 is 5.89. The molecule has 6 nitrogen and oxygen atoms in total. The molecule has 0 saturated carbocycles. The maximum Gasteiger partial charge on any atom is 0.350 e. The first-order valence-electron chi connectivity index (χ1n) is 8.19. The second-order valence-corrected chi connectivity index (χ2v) is 9.42. The molecule has 2 aromatic rings. The highest BCUT2D eigenvalue weighted by atomic mass is 79.9. The van der Waals surface area contributed by atoms with Crippen LogP contribution < -0.4 is 5.32 Å². The molecule has 0 aromatic carbocycles. The highest BCUT2D eigenvalue weighted by Gasteiger charge is 2.21. The molecule has 1 N–H and O–H groups in total. The van der Waals surface area contributed by atoms with Gasteiger partial charge in [0.2, 0.25) is 5.91 Å². The zero-order valence-corrected chi connectivity index (χ0v) is 17.6. The fourth-order valence-electron chi connectivity index (χ4n) is 2.81. The highest BCUT2D eigenvalue weighted by molar-refractivity contribution is 9.11. The zero-order chi connectivity index (χ0) is 18.5. The van der Waals surface area contributed by atoms with Gasteiger partial charge in [-0.25, -0.2) is 4.79 Å². The van der Waals surface area contributed by atoms with Crippen LogP contribution in [0.2, 0.25) is 0 Å². The molecule has 26 heavy (non-hydrogen) atoms. The predicted octanol–water partition coefficient (Wildman–Crippen LogP) is 3.12. The van der Waals surface area contributed by atoms with E-state index in [0.717, 1.165) is 36.5 Å². The Morgan fingerprint density at radius 2 is 1.92 bits per heavy atom. The Morgan fingerprint density at radius 1 is 1.19 bits per heavy atom.